The number of carbonyl (C=O) groups excluding carboxylic acids is 1. The van der Waals surface area contributed by atoms with E-state index in [9.17, 15) is 30.3 Å². The maximum atomic E-state index is 13.0. The minimum Gasteiger partial charge on any atom is -0.458 e. The highest BCUT2D eigenvalue weighted by atomic mass is 16.6. The van der Waals surface area contributed by atoms with Gasteiger partial charge in [-0.25, -0.2) is 0 Å². The van der Waals surface area contributed by atoms with Gasteiger partial charge in [0.1, 0.15) is 6.10 Å². The van der Waals surface area contributed by atoms with E-state index in [1.165, 1.54) is 56.1 Å². The maximum absolute atomic E-state index is 13.0. The van der Waals surface area contributed by atoms with Gasteiger partial charge in [0.05, 0.1) is 36.9 Å². The molecule has 8 unspecified atom stereocenters. The molecule has 8 nitrogen and oxygen atoms in total. The number of aliphatic hydroxyl groups excluding tert-OH is 4. The summed E-state index contributed by atoms with van der Waals surface area (Å²) in [5, 5.41) is 54.4. The van der Waals surface area contributed by atoms with Crippen LogP contribution in [0.25, 0.3) is 0 Å². The molecule has 66 heavy (non-hydrogen) atoms. The maximum Gasteiger partial charge on any atom is 0.311 e. The summed E-state index contributed by atoms with van der Waals surface area (Å²) < 4.78 is 12.0. The van der Waals surface area contributed by atoms with Crippen LogP contribution in [-0.4, -0.2) is 73.9 Å². The van der Waals surface area contributed by atoms with Crippen molar-refractivity contribution in [2.24, 2.45) is 29.6 Å². The molecule has 0 saturated carbocycles. The highest BCUT2D eigenvalue weighted by molar-refractivity contribution is 5.70. The van der Waals surface area contributed by atoms with Crippen molar-refractivity contribution in [2.45, 2.75) is 284 Å². The van der Waals surface area contributed by atoms with Gasteiger partial charge in [-0.15, -0.1) is 0 Å². The highest BCUT2D eigenvalue weighted by Gasteiger charge is 2.44. The first-order valence-corrected chi connectivity index (χ1v) is 27.4. The van der Waals surface area contributed by atoms with E-state index in [0.29, 0.717) is 18.8 Å². The second-order valence-electron chi connectivity index (χ2n) is 21.8. The summed E-state index contributed by atoms with van der Waals surface area (Å²) in [5.41, 5.74) is 2.51. The number of rotatable bonds is 0. The molecule has 12 atom stereocenters. The van der Waals surface area contributed by atoms with Gasteiger partial charge in [0.15, 0.2) is 5.79 Å². The predicted molar refractivity (Wildman–Crippen MR) is 275 cm³/mol. The number of hydrogen-bond donors (Lipinski definition) is 5. The van der Waals surface area contributed by atoms with E-state index in [1.807, 2.05) is 19.9 Å². The van der Waals surface area contributed by atoms with Crippen molar-refractivity contribution in [1.29, 1.82) is 0 Å². The number of ether oxygens (including phenoxy) is 2. The normalized spacial score (nSPS) is 38.3. The number of hydrogen-bond acceptors (Lipinski definition) is 8. The molecule has 2 bridgehead atoms. The Morgan fingerprint density at radius 2 is 1.15 bits per heavy atom. The lowest BCUT2D eigenvalue weighted by molar-refractivity contribution is -0.290. The SMILES string of the molecule is C/C1=C\CCC(O)CCCCCCCC(C)CCC[C@H](C)C(O)CCCCCC/C=C/C(C)OC(=O)CC2(O)OC(CC[C@H]2C)[C@@H](C)C/C(C)=C/C=C/CC[C@H](C)C(O)CCCC(O)CC1. The number of fused-ring (bicyclic) bond motifs is 2. The fourth-order valence-corrected chi connectivity index (χ4v) is 10.0. The van der Waals surface area contributed by atoms with Gasteiger partial charge < -0.3 is 35.0 Å². The van der Waals surface area contributed by atoms with Crippen LogP contribution >= 0.6 is 0 Å². The van der Waals surface area contributed by atoms with Gasteiger partial charge in [-0.05, 0) is 160 Å². The number of allylic oxidation sites excluding steroid dienone is 7. The number of esters is 1. The molecule has 2 heterocycles. The molecule has 0 amide bonds. The molecule has 0 aliphatic carbocycles. The summed E-state index contributed by atoms with van der Waals surface area (Å²) in [7, 11) is 0. The summed E-state index contributed by atoms with van der Waals surface area (Å²) in [6.07, 6.45) is 38.3. The van der Waals surface area contributed by atoms with Crippen LogP contribution in [0.3, 0.4) is 0 Å². The van der Waals surface area contributed by atoms with Crippen molar-refractivity contribution >= 4 is 5.97 Å². The topological polar surface area (TPSA) is 137 Å². The molecule has 1 saturated heterocycles. The van der Waals surface area contributed by atoms with Crippen LogP contribution in [0.4, 0.5) is 0 Å². The smallest absolute Gasteiger partial charge is 0.311 e. The van der Waals surface area contributed by atoms with Crippen LogP contribution in [0.5, 0.6) is 0 Å². The van der Waals surface area contributed by atoms with Crippen molar-refractivity contribution in [1.82, 2.24) is 0 Å². The zero-order valence-corrected chi connectivity index (χ0v) is 43.8. The van der Waals surface area contributed by atoms with Crippen LogP contribution < -0.4 is 0 Å². The second kappa shape index (κ2) is 35.3. The highest BCUT2D eigenvalue weighted by Crippen LogP contribution is 2.39. The van der Waals surface area contributed by atoms with Gasteiger partial charge in [-0.3, -0.25) is 4.79 Å². The van der Waals surface area contributed by atoms with Crippen molar-refractivity contribution in [3.05, 3.63) is 47.6 Å². The predicted octanol–water partition coefficient (Wildman–Crippen LogP) is 14.0. The summed E-state index contributed by atoms with van der Waals surface area (Å²) in [6.45, 7) is 16.9. The van der Waals surface area contributed by atoms with Gasteiger partial charge in [0, 0.05) is 5.92 Å². The Morgan fingerprint density at radius 1 is 0.561 bits per heavy atom. The summed E-state index contributed by atoms with van der Waals surface area (Å²) in [5.74, 6) is -0.751. The Labute approximate surface area is 405 Å². The first kappa shape index (κ1) is 60.3. The van der Waals surface area contributed by atoms with Crippen molar-refractivity contribution in [3.63, 3.8) is 0 Å². The molecule has 8 heteroatoms. The van der Waals surface area contributed by atoms with Gasteiger partial charge in [0.25, 0.3) is 0 Å². The minimum atomic E-state index is -1.55. The molecule has 5 N–H and O–H groups in total. The number of aliphatic hydroxyl groups is 5. The Bertz CT molecular complexity index is 1370. The lowest BCUT2D eigenvalue weighted by Gasteiger charge is -2.43. The van der Waals surface area contributed by atoms with Crippen molar-refractivity contribution in [2.75, 3.05) is 0 Å². The molecular weight excluding hydrogens is 825 g/mol. The van der Waals surface area contributed by atoms with E-state index in [1.54, 1.807) is 0 Å². The number of carbonyl (C=O) groups is 1. The van der Waals surface area contributed by atoms with Crippen LogP contribution in [0.2, 0.25) is 0 Å². The monoisotopic (exact) mass is 929 g/mol. The third kappa shape index (κ3) is 28.0. The molecule has 0 aromatic rings. The van der Waals surface area contributed by atoms with Crippen LogP contribution in [0.15, 0.2) is 47.6 Å². The molecule has 1 fully saturated rings. The second-order valence-corrected chi connectivity index (χ2v) is 21.8. The lowest BCUT2D eigenvalue weighted by Crippen LogP contribution is -2.50. The third-order valence-corrected chi connectivity index (χ3v) is 15.1. The molecule has 2 rings (SSSR count). The van der Waals surface area contributed by atoms with Gasteiger partial charge in [-0.1, -0.05) is 147 Å². The van der Waals surface area contributed by atoms with Gasteiger partial charge in [0.2, 0.25) is 0 Å². The van der Waals surface area contributed by atoms with E-state index >= 15 is 0 Å². The van der Waals surface area contributed by atoms with E-state index in [0.717, 1.165) is 128 Å². The molecule has 384 valence electrons. The van der Waals surface area contributed by atoms with Crippen LogP contribution in [-0.2, 0) is 14.3 Å². The zero-order chi connectivity index (χ0) is 48.7. The third-order valence-electron chi connectivity index (χ3n) is 15.1. The van der Waals surface area contributed by atoms with E-state index in [2.05, 4.69) is 71.9 Å². The quantitative estimate of drug-likeness (QED) is 0.120. The van der Waals surface area contributed by atoms with E-state index in [-0.39, 0.29) is 60.8 Å². The standard InChI is InChI=1S/C58H104O8/c1-44-26-17-12-11-14-21-33-52(59)34-24-29-45(2)38-40-53(60)35-25-37-55(62)47(4)30-19-16-18-27-46(3)42-49(6)56-41-39-50(7)58(64,66-56)43-57(63)65-51(8)32-20-13-9-10-15-22-36-54(61)48(5)31-23-28-44/h16,18,20,27,29,32,44,47-56,59-62,64H,9-15,17,19,21-26,28,30-31,33-43H2,1-8H3/b18-16+,32-20+,45-29+,46-27+/t44?,47-,48-,49-,50+,51?,52?,53?,54?,55?,56?,58?/m0/s1. The lowest BCUT2D eigenvalue weighted by atomic mass is 9.83. The molecule has 0 radical (unpaired) electrons. The van der Waals surface area contributed by atoms with E-state index in [4.69, 9.17) is 9.47 Å². The van der Waals surface area contributed by atoms with Crippen LogP contribution in [0, 0.1) is 29.6 Å². The summed E-state index contributed by atoms with van der Waals surface area (Å²) in [4.78, 5) is 13.0. The summed E-state index contributed by atoms with van der Waals surface area (Å²) >= 11 is 0. The molecule has 0 aromatic heterocycles. The Morgan fingerprint density at radius 3 is 1.89 bits per heavy atom. The first-order valence-electron chi connectivity index (χ1n) is 27.4. The van der Waals surface area contributed by atoms with Crippen LogP contribution in [0.1, 0.15) is 242 Å². The molecule has 0 spiro atoms. The van der Waals surface area contributed by atoms with E-state index < -0.39 is 11.8 Å². The van der Waals surface area contributed by atoms with Gasteiger partial charge in [-0.2, -0.15) is 0 Å². The van der Waals surface area contributed by atoms with Crippen molar-refractivity contribution < 1.29 is 39.8 Å². The average molecular weight is 929 g/mol. The summed E-state index contributed by atoms with van der Waals surface area (Å²) in [6, 6.07) is 0. The minimum absolute atomic E-state index is 0.156. The average Bonchev–Trinajstić information content (AvgIpc) is 3.26. The molecule has 2 aliphatic heterocycles. The molecule has 2 aliphatic rings. The Kier molecular flexibility index (Phi) is 32.3. The Balaban J connectivity index is 1.89. The largest absolute Gasteiger partial charge is 0.458 e. The first-order chi connectivity index (χ1) is 31.5. The molecule has 0 aromatic carbocycles. The molecular formula is C58H104O8. The zero-order valence-electron chi connectivity index (χ0n) is 43.8. The Hall–Kier alpha value is -1.81. The van der Waals surface area contributed by atoms with Crippen molar-refractivity contribution in [3.8, 4) is 0 Å². The number of cyclic esters (lactones) is 1. The fourth-order valence-electron chi connectivity index (χ4n) is 10.0. The van der Waals surface area contributed by atoms with Gasteiger partial charge >= 0.3 is 5.97 Å². The fraction of sp³-hybridized carbons (Fsp3) is 0.845.